The standard InChI is InChI=1S/C13H22N4O2S/c1-16(5-2-12-14-4-11-20-12)13(18)15-3-6-17-7-9-19-10-8-17/h4,11H,2-3,5-10H2,1H3,(H,15,18). The van der Waals surface area contributed by atoms with E-state index in [0.29, 0.717) is 13.1 Å². The largest absolute Gasteiger partial charge is 0.379 e. The Morgan fingerprint density at radius 1 is 1.55 bits per heavy atom. The number of likely N-dealkylation sites (N-methyl/N-ethyl adjacent to an activating group) is 1. The minimum Gasteiger partial charge on any atom is -0.379 e. The molecule has 1 aromatic heterocycles. The number of rotatable bonds is 6. The molecule has 7 heteroatoms. The Kier molecular flexibility index (Phi) is 6.23. The molecule has 112 valence electrons. The van der Waals surface area contributed by atoms with Crippen LogP contribution in [0.1, 0.15) is 5.01 Å². The van der Waals surface area contributed by atoms with Crippen LogP contribution in [0.15, 0.2) is 11.6 Å². The third-order valence-corrected chi connectivity index (χ3v) is 4.14. The molecular weight excluding hydrogens is 276 g/mol. The Labute approximate surface area is 123 Å². The van der Waals surface area contributed by atoms with Crippen LogP contribution in [0.25, 0.3) is 0 Å². The zero-order valence-electron chi connectivity index (χ0n) is 11.9. The van der Waals surface area contributed by atoms with Gasteiger partial charge < -0.3 is 15.0 Å². The van der Waals surface area contributed by atoms with Gasteiger partial charge in [0.25, 0.3) is 0 Å². The molecule has 0 atom stereocenters. The number of amides is 2. The van der Waals surface area contributed by atoms with E-state index in [4.69, 9.17) is 4.74 Å². The van der Waals surface area contributed by atoms with Crippen molar-refractivity contribution in [1.82, 2.24) is 20.1 Å². The molecule has 1 N–H and O–H groups in total. The monoisotopic (exact) mass is 298 g/mol. The van der Waals surface area contributed by atoms with E-state index in [9.17, 15) is 4.79 Å². The highest BCUT2D eigenvalue weighted by atomic mass is 32.1. The summed E-state index contributed by atoms with van der Waals surface area (Å²) in [6.45, 7) is 5.75. The maximum Gasteiger partial charge on any atom is 0.317 e. The maximum atomic E-state index is 11.9. The first kappa shape index (κ1) is 15.2. The second-order valence-electron chi connectivity index (χ2n) is 4.78. The minimum absolute atomic E-state index is 0.0187. The van der Waals surface area contributed by atoms with Crippen molar-refractivity contribution in [2.45, 2.75) is 6.42 Å². The first-order valence-electron chi connectivity index (χ1n) is 6.93. The van der Waals surface area contributed by atoms with Crippen molar-refractivity contribution < 1.29 is 9.53 Å². The van der Waals surface area contributed by atoms with E-state index in [0.717, 1.165) is 44.3 Å². The van der Waals surface area contributed by atoms with Crippen LogP contribution in [0, 0.1) is 0 Å². The van der Waals surface area contributed by atoms with Crippen LogP contribution in [0.4, 0.5) is 4.79 Å². The number of aromatic nitrogens is 1. The zero-order valence-corrected chi connectivity index (χ0v) is 12.7. The lowest BCUT2D eigenvalue weighted by molar-refractivity contribution is 0.0386. The molecule has 0 bridgehead atoms. The highest BCUT2D eigenvalue weighted by Gasteiger charge is 2.12. The van der Waals surface area contributed by atoms with Crippen LogP contribution in [-0.2, 0) is 11.2 Å². The lowest BCUT2D eigenvalue weighted by Crippen LogP contribution is -2.44. The smallest absolute Gasteiger partial charge is 0.317 e. The second kappa shape index (κ2) is 8.18. The number of carbonyl (C=O) groups excluding carboxylic acids is 1. The predicted octanol–water partition coefficient (Wildman–Crippen LogP) is 0.659. The molecule has 1 saturated heterocycles. The Morgan fingerprint density at radius 2 is 2.35 bits per heavy atom. The third kappa shape index (κ3) is 5.07. The number of ether oxygens (including phenoxy) is 1. The average Bonchev–Trinajstić information content (AvgIpc) is 2.99. The summed E-state index contributed by atoms with van der Waals surface area (Å²) >= 11 is 1.63. The fraction of sp³-hybridized carbons (Fsp3) is 0.692. The van der Waals surface area contributed by atoms with Crippen LogP contribution in [0.2, 0.25) is 0 Å². The van der Waals surface area contributed by atoms with Crippen molar-refractivity contribution in [3.05, 3.63) is 16.6 Å². The molecule has 0 spiro atoms. The molecule has 1 aliphatic heterocycles. The minimum atomic E-state index is -0.0187. The predicted molar refractivity (Wildman–Crippen MR) is 79.1 cm³/mol. The Balaban J connectivity index is 1.58. The summed E-state index contributed by atoms with van der Waals surface area (Å²) in [5.41, 5.74) is 0. The molecule has 1 aromatic rings. The van der Waals surface area contributed by atoms with Crippen LogP contribution in [0.3, 0.4) is 0 Å². The molecule has 2 rings (SSSR count). The van der Waals surface area contributed by atoms with Gasteiger partial charge in [-0.1, -0.05) is 0 Å². The number of nitrogens with one attached hydrogen (secondary N) is 1. The van der Waals surface area contributed by atoms with Gasteiger partial charge in [0.05, 0.1) is 18.2 Å². The molecule has 2 heterocycles. The Morgan fingerprint density at radius 3 is 3.05 bits per heavy atom. The molecule has 0 unspecified atom stereocenters. The van der Waals surface area contributed by atoms with E-state index in [1.54, 1.807) is 22.4 Å². The summed E-state index contributed by atoms with van der Waals surface area (Å²) in [6, 6.07) is -0.0187. The van der Waals surface area contributed by atoms with Crippen LogP contribution in [-0.4, -0.2) is 73.8 Å². The summed E-state index contributed by atoms with van der Waals surface area (Å²) in [7, 11) is 1.82. The number of nitrogens with zero attached hydrogens (tertiary/aromatic N) is 3. The molecule has 6 nitrogen and oxygen atoms in total. The van der Waals surface area contributed by atoms with Crippen molar-refractivity contribution in [3.63, 3.8) is 0 Å². The van der Waals surface area contributed by atoms with Crippen molar-refractivity contribution in [2.75, 3.05) is 53.0 Å². The lowest BCUT2D eigenvalue weighted by Gasteiger charge is -2.27. The molecule has 0 saturated carbocycles. The molecular formula is C13H22N4O2S. The van der Waals surface area contributed by atoms with Gasteiger partial charge in [0.1, 0.15) is 0 Å². The molecule has 2 amide bonds. The van der Waals surface area contributed by atoms with Crippen molar-refractivity contribution in [2.24, 2.45) is 0 Å². The molecule has 0 radical (unpaired) electrons. The Hall–Kier alpha value is -1.18. The fourth-order valence-corrected chi connectivity index (χ4v) is 2.63. The molecule has 0 aliphatic carbocycles. The summed E-state index contributed by atoms with van der Waals surface area (Å²) in [5.74, 6) is 0. The highest BCUT2D eigenvalue weighted by molar-refractivity contribution is 7.09. The molecule has 20 heavy (non-hydrogen) atoms. The highest BCUT2D eigenvalue weighted by Crippen LogP contribution is 2.05. The van der Waals surface area contributed by atoms with Crippen LogP contribution >= 0.6 is 11.3 Å². The van der Waals surface area contributed by atoms with Crippen LogP contribution < -0.4 is 5.32 Å². The normalized spacial score (nSPS) is 16.1. The zero-order chi connectivity index (χ0) is 14.2. The third-order valence-electron chi connectivity index (χ3n) is 3.30. The van der Waals surface area contributed by atoms with E-state index in [1.165, 1.54) is 0 Å². The first-order chi connectivity index (χ1) is 9.75. The van der Waals surface area contributed by atoms with E-state index in [2.05, 4.69) is 15.2 Å². The summed E-state index contributed by atoms with van der Waals surface area (Å²) in [5, 5.41) is 5.97. The van der Waals surface area contributed by atoms with Crippen molar-refractivity contribution >= 4 is 17.4 Å². The number of morpholine rings is 1. The number of hydrogen-bond acceptors (Lipinski definition) is 5. The van der Waals surface area contributed by atoms with Crippen LogP contribution in [0.5, 0.6) is 0 Å². The fourth-order valence-electron chi connectivity index (χ4n) is 2.02. The average molecular weight is 298 g/mol. The number of urea groups is 1. The SMILES string of the molecule is CN(CCc1nccs1)C(=O)NCCN1CCOCC1. The summed E-state index contributed by atoms with van der Waals surface area (Å²) in [6.07, 6.45) is 2.60. The van der Waals surface area contributed by atoms with Gasteiger partial charge in [-0.25, -0.2) is 9.78 Å². The summed E-state index contributed by atoms with van der Waals surface area (Å²) in [4.78, 5) is 20.1. The molecule has 1 fully saturated rings. The van der Waals surface area contributed by atoms with Gasteiger partial charge in [0.15, 0.2) is 0 Å². The maximum absolute atomic E-state index is 11.9. The van der Waals surface area contributed by atoms with Gasteiger partial charge in [-0.15, -0.1) is 11.3 Å². The van der Waals surface area contributed by atoms with Gasteiger partial charge in [0.2, 0.25) is 0 Å². The summed E-state index contributed by atoms with van der Waals surface area (Å²) < 4.78 is 5.29. The Bertz CT molecular complexity index is 393. The van der Waals surface area contributed by atoms with Gasteiger partial charge in [-0.2, -0.15) is 0 Å². The second-order valence-corrected chi connectivity index (χ2v) is 5.76. The van der Waals surface area contributed by atoms with Gasteiger partial charge in [-0.3, -0.25) is 4.90 Å². The van der Waals surface area contributed by atoms with E-state index in [1.807, 2.05) is 12.4 Å². The lowest BCUT2D eigenvalue weighted by atomic mass is 10.4. The van der Waals surface area contributed by atoms with E-state index < -0.39 is 0 Å². The van der Waals surface area contributed by atoms with Gasteiger partial charge >= 0.3 is 6.03 Å². The topological polar surface area (TPSA) is 57.7 Å². The number of thiazole rings is 1. The van der Waals surface area contributed by atoms with Gasteiger partial charge in [-0.05, 0) is 0 Å². The van der Waals surface area contributed by atoms with E-state index in [-0.39, 0.29) is 6.03 Å². The van der Waals surface area contributed by atoms with E-state index >= 15 is 0 Å². The number of carbonyl (C=O) groups is 1. The van der Waals surface area contributed by atoms with Crippen molar-refractivity contribution in [3.8, 4) is 0 Å². The van der Waals surface area contributed by atoms with Gasteiger partial charge in [0, 0.05) is 57.8 Å². The number of hydrogen-bond donors (Lipinski definition) is 1. The first-order valence-corrected chi connectivity index (χ1v) is 7.81. The molecule has 0 aromatic carbocycles. The molecule has 1 aliphatic rings. The quantitative estimate of drug-likeness (QED) is 0.838. The van der Waals surface area contributed by atoms with Crippen molar-refractivity contribution in [1.29, 1.82) is 0 Å².